The molecule has 1 amide bonds. The lowest BCUT2D eigenvalue weighted by atomic mass is 10.1. The fourth-order valence-corrected chi connectivity index (χ4v) is 2.95. The zero-order valence-corrected chi connectivity index (χ0v) is 14.9. The predicted octanol–water partition coefficient (Wildman–Crippen LogP) is 3.47. The van der Waals surface area contributed by atoms with Gasteiger partial charge in [0, 0.05) is 6.20 Å². The van der Waals surface area contributed by atoms with E-state index in [0.717, 1.165) is 5.56 Å². The van der Waals surface area contributed by atoms with Crippen LogP contribution in [0, 0.1) is 0 Å². The molecule has 0 spiro atoms. The number of pyridine rings is 1. The fourth-order valence-electron chi connectivity index (χ4n) is 2.95. The Balaban J connectivity index is 1.83. The fraction of sp³-hybridized carbons (Fsp3) is 0.400. The van der Waals surface area contributed by atoms with Crippen LogP contribution in [0.15, 0.2) is 48.7 Å². The van der Waals surface area contributed by atoms with E-state index >= 15 is 0 Å². The van der Waals surface area contributed by atoms with Gasteiger partial charge in [-0.05, 0) is 38.5 Å². The number of aromatic nitrogens is 1. The first kappa shape index (κ1) is 17.4. The molecule has 1 fully saturated rings. The molecule has 2 aromatic rings. The van der Waals surface area contributed by atoms with Crippen LogP contribution < -0.4 is 4.74 Å². The van der Waals surface area contributed by atoms with Crippen LogP contribution in [-0.2, 0) is 4.74 Å². The zero-order chi connectivity index (χ0) is 17.8. The van der Waals surface area contributed by atoms with Gasteiger partial charge in [-0.15, -0.1) is 0 Å². The molecule has 0 radical (unpaired) electrons. The van der Waals surface area contributed by atoms with Gasteiger partial charge in [0.15, 0.2) is 11.4 Å². The summed E-state index contributed by atoms with van der Waals surface area (Å²) in [6, 6.07) is 13.5. The number of carbonyl (C=O) groups is 1. The smallest absolute Gasteiger partial charge is 0.276 e. The van der Waals surface area contributed by atoms with Crippen LogP contribution >= 0.6 is 0 Å². The van der Waals surface area contributed by atoms with E-state index in [1.54, 1.807) is 18.3 Å². The molecule has 25 heavy (non-hydrogen) atoms. The molecule has 2 atom stereocenters. The van der Waals surface area contributed by atoms with Crippen molar-refractivity contribution in [3.63, 3.8) is 0 Å². The summed E-state index contributed by atoms with van der Waals surface area (Å²) in [5.74, 6) is 0.408. The summed E-state index contributed by atoms with van der Waals surface area (Å²) in [5.41, 5.74) is 1.43. The predicted molar refractivity (Wildman–Crippen MR) is 95.6 cm³/mol. The largest absolute Gasteiger partial charge is 0.489 e. The molecule has 0 aliphatic carbocycles. The summed E-state index contributed by atoms with van der Waals surface area (Å²) in [7, 11) is 0. The average molecular weight is 340 g/mol. The van der Waals surface area contributed by atoms with Crippen molar-refractivity contribution in [1.82, 2.24) is 9.88 Å². The first-order chi connectivity index (χ1) is 12.1. The van der Waals surface area contributed by atoms with Crippen LogP contribution in [0.4, 0.5) is 0 Å². The first-order valence-electron chi connectivity index (χ1n) is 8.65. The zero-order valence-electron chi connectivity index (χ0n) is 14.9. The maximum Gasteiger partial charge on any atom is 0.276 e. The molecule has 0 unspecified atom stereocenters. The second kappa shape index (κ2) is 7.66. The van der Waals surface area contributed by atoms with Crippen LogP contribution in [0.25, 0.3) is 0 Å². The third-order valence-electron chi connectivity index (χ3n) is 4.20. The van der Waals surface area contributed by atoms with Crippen molar-refractivity contribution < 1.29 is 14.3 Å². The van der Waals surface area contributed by atoms with E-state index < -0.39 is 0 Å². The molecule has 0 bridgehead atoms. The van der Waals surface area contributed by atoms with Crippen LogP contribution in [0.3, 0.4) is 0 Å². The Morgan fingerprint density at radius 1 is 1.24 bits per heavy atom. The summed E-state index contributed by atoms with van der Waals surface area (Å²) < 4.78 is 11.7. The van der Waals surface area contributed by atoms with Gasteiger partial charge < -0.3 is 14.4 Å². The molecule has 0 N–H and O–H groups in total. The highest BCUT2D eigenvalue weighted by molar-refractivity contribution is 5.95. The van der Waals surface area contributed by atoms with Crippen molar-refractivity contribution in [2.75, 3.05) is 13.2 Å². The minimum atomic E-state index is -0.125. The lowest BCUT2D eigenvalue weighted by molar-refractivity contribution is -0.0489. The van der Waals surface area contributed by atoms with Crippen LogP contribution in [-0.4, -0.2) is 41.1 Å². The first-order valence-corrected chi connectivity index (χ1v) is 8.65. The minimum Gasteiger partial charge on any atom is -0.489 e. The van der Waals surface area contributed by atoms with Gasteiger partial charge in [-0.25, -0.2) is 4.98 Å². The van der Waals surface area contributed by atoms with Crippen molar-refractivity contribution in [1.29, 1.82) is 0 Å². The number of hydrogen-bond acceptors (Lipinski definition) is 4. The van der Waals surface area contributed by atoms with E-state index in [0.29, 0.717) is 24.6 Å². The Hall–Kier alpha value is -2.40. The second-order valence-corrected chi connectivity index (χ2v) is 6.56. The Kier molecular flexibility index (Phi) is 5.34. The molecule has 1 saturated heterocycles. The molecule has 1 aromatic heterocycles. The van der Waals surface area contributed by atoms with Gasteiger partial charge in [0.05, 0.1) is 25.3 Å². The van der Waals surface area contributed by atoms with Gasteiger partial charge in [-0.3, -0.25) is 4.79 Å². The summed E-state index contributed by atoms with van der Waals surface area (Å²) >= 11 is 0. The molecule has 0 saturated carbocycles. The number of ether oxygens (including phenoxy) is 2. The van der Waals surface area contributed by atoms with Gasteiger partial charge >= 0.3 is 0 Å². The summed E-state index contributed by atoms with van der Waals surface area (Å²) in [6.07, 6.45) is 1.48. The second-order valence-electron chi connectivity index (χ2n) is 6.56. The highest BCUT2D eigenvalue weighted by atomic mass is 16.5. The number of rotatable bonds is 4. The minimum absolute atomic E-state index is 0.0126. The number of carbonyl (C=O) groups excluding carboxylic acids is 1. The number of hydrogen-bond donors (Lipinski definition) is 0. The monoisotopic (exact) mass is 340 g/mol. The molecular formula is C20H24N2O3. The van der Waals surface area contributed by atoms with E-state index in [2.05, 4.69) is 4.98 Å². The number of amides is 1. The third kappa shape index (κ3) is 3.99. The molecule has 5 nitrogen and oxygen atoms in total. The molecule has 1 aliphatic heterocycles. The summed E-state index contributed by atoms with van der Waals surface area (Å²) in [6.45, 7) is 6.86. The average Bonchev–Trinajstić information content (AvgIpc) is 2.62. The summed E-state index contributed by atoms with van der Waals surface area (Å²) in [5, 5.41) is 0. The molecule has 5 heteroatoms. The highest BCUT2D eigenvalue weighted by Crippen LogP contribution is 2.27. The van der Waals surface area contributed by atoms with Crippen LogP contribution in [0.1, 0.15) is 42.9 Å². The molecule has 132 valence electrons. The van der Waals surface area contributed by atoms with Crippen molar-refractivity contribution in [2.24, 2.45) is 0 Å². The van der Waals surface area contributed by atoms with E-state index in [1.807, 2.05) is 56.0 Å². The standard InChI is InChI=1S/C20H24N2O3/c1-14(2)25-17-10-7-11-21-19(17)20(23)22-12-18(24-13-15(22)3)16-8-5-4-6-9-16/h4-11,14-15,18H,12-13H2,1-3H3/t15-,18-/m1/s1. The van der Waals surface area contributed by atoms with E-state index in [1.165, 1.54) is 0 Å². The van der Waals surface area contributed by atoms with Crippen LogP contribution in [0.2, 0.25) is 0 Å². The van der Waals surface area contributed by atoms with E-state index in [9.17, 15) is 4.79 Å². The van der Waals surface area contributed by atoms with Gasteiger partial charge in [0.2, 0.25) is 0 Å². The normalized spacial score (nSPS) is 20.6. The Morgan fingerprint density at radius 2 is 2.00 bits per heavy atom. The highest BCUT2D eigenvalue weighted by Gasteiger charge is 2.33. The summed E-state index contributed by atoms with van der Waals surface area (Å²) in [4.78, 5) is 19.2. The lowest BCUT2D eigenvalue weighted by Gasteiger charge is -2.38. The van der Waals surface area contributed by atoms with Crippen molar-refractivity contribution in [3.8, 4) is 5.75 Å². The van der Waals surface area contributed by atoms with Gasteiger partial charge in [0.1, 0.15) is 6.10 Å². The maximum atomic E-state index is 13.1. The SMILES string of the molecule is CC(C)Oc1cccnc1C(=O)N1C[C@H](c2ccccc2)OC[C@H]1C. The molecular weight excluding hydrogens is 316 g/mol. The Morgan fingerprint density at radius 3 is 2.72 bits per heavy atom. The van der Waals surface area contributed by atoms with Gasteiger partial charge in [0.25, 0.3) is 5.91 Å². The molecule has 3 rings (SSSR count). The maximum absolute atomic E-state index is 13.1. The lowest BCUT2D eigenvalue weighted by Crippen LogP contribution is -2.48. The number of benzene rings is 1. The molecule has 1 aromatic carbocycles. The van der Waals surface area contributed by atoms with Gasteiger partial charge in [-0.2, -0.15) is 0 Å². The number of morpholine rings is 1. The van der Waals surface area contributed by atoms with Crippen molar-refractivity contribution in [3.05, 3.63) is 59.9 Å². The third-order valence-corrected chi connectivity index (χ3v) is 4.20. The van der Waals surface area contributed by atoms with E-state index in [4.69, 9.17) is 9.47 Å². The Bertz CT molecular complexity index is 718. The topological polar surface area (TPSA) is 51.7 Å². The van der Waals surface area contributed by atoms with E-state index in [-0.39, 0.29) is 24.2 Å². The van der Waals surface area contributed by atoms with Crippen molar-refractivity contribution >= 4 is 5.91 Å². The number of nitrogens with zero attached hydrogens (tertiary/aromatic N) is 2. The molecule has 1 aliphatic rings. The Labute approximate surface area is 148 Å². The van der Waals surface area contributed by atoms with Gasteiger partial charge in [-0.1, -0.05) is 30.3 Å². The quantitative estimate of drug-likeness (QED) is 0.855. The van der Waals surface area contributed by atoms with Crippen molar-refractivity contribution in [2.45, 2.75) is 39.0 Å². The van der Waals surface area contributed by atoms with Crippen LogP contribution in [0.5, 0.6) is 5.75 Å². The molecule has 2 heterocycles.